The lowest BCUT2D eigenvalue weighted by molar-refractivity contribution is -0.364. The Morgan fingerprint density at radius 1 is 0.881 bits per heavy atom. The molecule has 0 spiro atoms. The minimum absolute atomic E-state index is 0.0301. The third kappa shape index (κ3) is 4.26. The van der Waals surface area contributed by atoms with Crippen molar-refractivity contribution in [1.82, 2.24) is 0 Å². The van der Waals surface area contributed by atoms with Crippen molar-refractivity contribution in [2.75, 3.05) is 34.2 Å². The number of aliphatic hydroxyl groups excluding tert-OH is 2. The Morgan fingerprint density at radius 3 is 2.26 bits per heavy atom. The molecule has 1 aliphatic carbocycles. The van der Waals surface area contributed by atoms with Gasteiger partial charge in [-0.15, -0.1) is 0 Å². The number of benzene rings is 2. The Labute approximate surface area is 240 Å². The molecular weight excluding hydrogens is 556 g/mol. The largest absolute Gasteiger partial charge is 0.502 e. The van der Waals surface area contributed by atoms with Crippen LogP contribution in [0.5, 0.6) is 28.7 Å². The molecule has 5 aliphatic rings. The van der Waals surface area contributed by atoms with Gasteiger partial charge < -0.3 is 58.0 Å². The molecule has 4 aliphatic heterocycles. The van der Waals surface area contributed by atoms with E-state index in [-0.39, 0.29) is 37.3 Å². The number of hydrogen-bond donors (Lipinski definition) is 3. The lowest BCUT2D eigenvalue weighted by Gasteiger charge is -2.47. The molecule has 0 bridgehead atoms. The first-order valence-electron chi connectivity index (χ1n) is 13.8. The van der Waals surface area contributed by atoms with Gasteiger partial charge >= 0.3 is 5.97 Å². The van der Waals surface area contributed by atoms with Gasteiger partial charge in [0.1, 0.15) is 24.4 Å². The first kappa shape index (κ1) is 27.5. The van der Waals surface area contributed by atoms with Crippen molar-refractivity contribution in [3.63, 3.8) is 0 Å². The molecule has 2 aromatic carbocycles. The third-order valence-corrected chi connectivity index (χ3v) is 8.75. The second-order valence-corrected chi connectivity index (χ2v) is 11.0. The van der Waals surface area contributed by atoms with E-state index in [2.05, 4.69) is 0 Å². The second-order valence-electron chi connectivity index (χ2n) is 11.0. The van der Waals surface area contributed by atoms with Crippen LogP contribution in [-0.4, -0.2) is 92.5 Å². The van der Waals surface area contributed by atoms with Gasteiger partial charge in [0.05, 0.1) is 39.5 Å². The molecule has 13 heteroatoms. The van der Waals surface area contributed by atoms with E-state index in [1.165, 1.54) is 14.2 Å². The molecule has 10 atom stereocenters. The van der Waals surface area contributed by atoms with Crippen LogP contribution in [0, 0.1) is 11.8 Å². The normalized spacial score (nSPS) is 36.5. The fourth-order valence-electron chi connectivity index (χ4n) is 6.74. The highest BCUT2D eigenvalue weighted by molar-refractivity contribution is 5.79. The zero-order valence-electron chi connectivity index (χ0n) is 23.1. The molecule has 4 heterocycles. The van der Waals surface area contributed by atoms with Crippen LogP contribution in [0.15, 0.2) is 24.3 Å². The highest BCUT2D eigenvalue weighted by atomic mass is 16.8. The topological polar surface area (TPSA) is 161 Å². The quantitative estimate of drug-likeness (QED) is 0.430. The van der Waals surface area contributed by atoms with Gasteiger partial charge in [0.15, 0.2) is 35.6 Å². The smallest absolute Gasteiger partial charge is 0.310 e. The van der Waals surface area contributed by atoms with Crippen LogP contribution in [-0.2, 0) is 28.5 Å². The van der Waals surface area contributed by atoms with Crippen molar-refractivity contribution in [3.8, 4) is 28.7 Å². The molecule has 0 aromatic heterocycles. The predicted octanol–water partition coefficient (Wildman–Crippen LogP) is 1.34. The van der Waals surface area contributed by atoms with E-state index >= 15 is 0 Å². The maximum Gasteiger partial charge on any atom is 0.310 e. The molecule has 7 rings (SSSR count). The number of hydrogen-bond acceptors (Lipinski definition) is 13. The van der Waals surface area contributed by atoms with Crippen molar-refractivity contribution in [2.45, 2.75) is 55.9 Å². The summed E-state index contributed by atoms with van der Waals surface area (Å²) in [6, 6.07) is 6.93. The molecule has 2 aromatic rings. The number of carbonyl (C=O) groups is 1. The summed E-state index contributed by atoms with van der Waals surface area (Å²) < 4.78 is 51.5. The number of aliphatic hydroxyl groups is 2. The number of rotatable bonds is 5. The lowest BCUT2D eigenvalue weighted by Crippen LogP contribution is -2.63. The Hall–Kier alpha value is -3.33. The molecule has 0 amide bonds. The van der Waals surface area contributed by atoms with Crippen LogP contribution in [0.1, 0.15) is 35.6 Å². The van der Waals surface area contributed by atoms with Crippen molar-refractivity contribution in [1.29, 1.82) is 0 Å². The van der Waals surface area contributed by atoms with E-state index in [9.17, 15) is 20.1 Å². The zero-order valence-corrected chi connectivity index (χ0v) is 23.1. The van der Waals surface area contributed by atoms with E-state index in [1.807, 2.05) is 0 Å². The van der Waals surface area contributed by atoms with Gasteiger partial charge in [-0.2, -0.15) is 0 Å². The number of cyclic esters (lactones) is 1. The van der Waals surface area contributed by atoms with Crippen LogP contribution in [0.3, 0.4) is 0 Å². The molecule has 3 N–H and O–H groups in total. The molecule has 0 radical (unpaired) electrons. The summed E-state index contributed by atoms with van der Waals surface area (Å²) in [6.45, 7) is 1.93. The number of aromatic hydroxyl groups is 1. The number of phenolic OH excluding ortho intramolecular Hbond substituents is 1. The van der Waals surface area contributed by atoms with Gasteiger partial charge in [0, 0.05) is 11.8 Å². The van der Waals surface area contributed by atoms with Crippen molar-refractivity contribution in [3.05, 3.63) is 41.0 Å². The molecule has 3 saturated heterocycles. The minimum atomic E-state index is -1.44. The molecule has 3 fully saturated rings. The van der Waals surface area contributed by atoms with Gasteiger partial charge in [-0.25, -0.2) is 0 Å². The maximum atomic E-state index is 13.4. The predicted molar refractivity (Wildman–Crippen MR) is 138 cm³/mol. The second kappa shape index (κ2) is 10.4. The van der Waals surface area contributed by atoms with Gasteiger partial charge in [-0.1, -0.05) is 0 Å². The van der Waals surface area contributed by atoms with E-state index in [0.717, 1.165) is 0 Å². The van der Waals surface area contributed by atoms with Crippen LogP contribution in [0.2, 0.25) is 0 Å². The zero-order chi connectivity index (χ0) is 29.3. The average Bonchev–Trinajstić information content (AvgIpc) is 3.61. The molecule has 0 unspecified atom stereocenters. The van der Waals surface area contributed by atoms with Crippen molar-refractivity contribution >= 4 is 5.97 Å². The highest BCUT2D eigenvalue weighted by Crippen LogP contribution is 2.57. The number of fused-ring (bicyclic) bond motifs is 4. The Kier molecular flexibility index (Phi) is 6.83. The fourth-order valence-corrected chi connectivity index (χ4v) is 6.74. The van der Waals surface area contributed by atoms with Gasteiger partial charge in [0.25, 0.3) is 0 Å². The Balaban J connectivity index is 1.32. The minimum Gasteiger partial charge on any atom is -0.502 e. The van der Waals surface area contributed by atoms with Crippen LogP contribution < -0.4 is 18.9 Å². The fraction of sp³-hybridized carbons (Fsp3) is 0.552. The molecule has 0 saturated carbocycles. The molecular formula is C29H32O13. The van der Waals surface area contributed by atoms with Crippen molar-refractivity contribution < 1.29 is 62.7 Å². The van der Waals surface area contributed by atoms with Gasteiger partial charge in [0.2, 0.25) is 12.5 Å². The molecule has 13 nitrogen and oxygen atoms in total. The summed E-state index contributed by atoms with van der Waals surface area (Å²) in [5, 5.41) is 32.5. The van der Waals surface area contributed by atoms with E-state index in [0.29, 0.717) is 28.2 Å². The monoisotopic (exact) mass is 588 g/mol. The number of methoxy groups -OCH3 is 2. The molecule has 42 heavy (non-hydrogen) atoms. The summed E-state index contributed by atoms with van der Waals surface area (Å²) in [6.07, 6.45) is -6.80. The number of esters is 1. The van der Waals surface area contributed by atoms with Crippen LogP contribution in [0.4, 0.5) is 0 Å². The highest BCUT2D eigenvalue weighted by Gasteiger charge is 2.56. The summed E-state index contributed by atoms with van der Waals surface area (Å²) in [4.78, 5) is 13.4. The molecule has 226 valence electrons. The number of phenols is 1. The van der Waals surface area contributed by atoms with E-state index in [4.69, 9.17) is 42.6 Å². The first-order valence-corrected chi connectivity index (χ1v) is 13.8. The van der Waals surface area contributed by atoms with Crippen LogP contribution >= 0.6 is 0 Å². The number of carbonyl (C=O) groups excluding carboxylic acids is 1. The summed E-state index contributed by atoms with van der Waals surface area (Å²) >= 11 is 0. The van der Waals surface area contributed by atoms with Crippen molar-refractivity contribution in [2.24, 2.45) is 11.8 Å². The number of ether oxygens (including phenoxy) is 9. The average molecular weight is 589 g/mol. The third-order valence-electron chi connectivity index (χ3n) is 8.75. The van der Waals surface area contributed by atoms with Crippen LogP contribution in [0.25, 0.3) is 0 Å². The van der Waals surface area contributed by atoms with E-state index in [1.54, 1.807) is 31.2 Å². The van der Waals surface area contributed by atoms with Gasteiger partial charge in [-0.3, -0.25) is 4.79 Å². The van der Waals surface area contributed by atoms with E-state index < -0.39 is 66.8 Å². The summed E-state index contributed by atoms with van der Waals surface area (Å²) in [7, 11) is 2.86. The summed E-state index contributed by atoms with van der Waals surface area (Å²) in [5.41, 5.74) is 2.01. The Morgan fingerprint density at radius 2 is 1.57 bits per heavy atom. The van der Waals surface area contributed by atoms with Gasteiger partial charge in [-0.05, 0) is 47.9 Å². The Bertz CT molecular complexity index is 1350. The lowest BCUT2D eigenvalue weighted by atomic mass is 9.66. The first-order chi connectivity index (χ1) is 20.3. The summed E-state index contributed by atoms with van der Waals surface area (Å²) in [5.74, 6) is -1.02. The SMILES string of the molecule is COc1cc([C@@H]2c3cc4c(cc3[C@H](O[C@@H]3O[C@@H]5CO[C@H](C)O[C@H]5[C@@H](O)[C@H]3O)[C@H]3COC(=O)[C@H]23)OCO4)cc(OC)c1O. The standard InChI is InChI=1S/C29H32O13/c1-11-36-9-20-27(40-11)24(31)25(32)29(41-20)42-26-14-7-17-16(38-10-39-17)6-13(14)21(22-15(26)8-37-28(22)33)12-4-18(34-2)23(30)19(5-12)35-3/h4-7,11,15,20-22,24-27,29-32H,8-10H2,1-3H3/t11-,15-,20+,21+,22-,24-,25+,26-,27+,29-/m0/s1. The maximum absolute atomic E-state index is 13.4.